The maximum Gasteiger partial charge on any atom is 0.287 e. The third-order valence-corrected chi connectivity index (χ3v) is 3.18. The molecule has 1 aromatic rings. The molecule has 2 rings (SSSR count). The van der Waals surface area contributed by atoms with Crippen molar-refractivity contribution in [2.24, 2.45) is 5.73 Å². The summed E-state index contributed by atoms with van der Waals surface area (Å²) in [6.45, 7) is 2.35. The molecule has 1 heterocycles. The maximum absolute atomic E-state index is 12.0. The van der Waals surface area contributed by atoms with Crippen molar-refractivity contribution >= 4 is 11.6 Å². The summed E-state index contributed by atoms with van der Waals surface area (Å²) in [6.07, 6.45) is 2.91. The molecule has 1 fully saturated rings. The number of nitrogens with one attached hydrogen (secondary N) is 1. The highest BCUT2D eigenvalue weighted by Gasteiger charge is 2.28. The Kier molecular flexibility index (Phi) is 3.33. The maximum atomic E-state index is 12.0. The van der Waals surface area contributed by atoms with E-state index in [-0.39, 0.29) is 23.7 Å². The second-order valence-electron chi connectivity index (χ2n) is 4.53. The quantitative estimate of drug-likeness (QED) is 0.606. The van der Waals surface area contributed by atoms with E-state index >= 15 is 0 Å². The molecule has 0 spiro atoms. The number of hydrogen-bond donors (Lipinski definition) is 2. The lowest BCUT2D eigenvalue weighted by atomic mass is 9.87. The minimum absolute atomic E-state index is 0.0627. The van der Waals surface area contributed by atoms with Crippen molar-refractivity contribution in [1.29, 1.82) is 0 Å². The molecule has 0 bridgehead atoms. The number of nitrogens with two attached hydrogens (primary N) is 1. The van der Waals surface area contributed by atoms with Crippen LogP contribution in [0.15, 0.2) is 12.3 Å². The normalized spacial score (nSPS) is 22.3. The lowest BCUT2D eigenvalue weighted by Gasteiger charge is -2.32. The smallest absolute Gasteiger partial charge is 0.287 e. The lowest BCUT2D eigenvalue weighted by Crippen LogP contribution is -2.50. The fourth-order valence-corrected chi connectivity index (χ4v) is 2.09. The zero-order valence-corrected chi connectivity index (χ0v) is 10.1. The number of amides is 1. The Hall–Kier alpha value is -1.89. The first-order valence-corrected chi connectivity index (χ1v) is 5.92. The first kappa shape index (κ1) is 12.6. The fraction of sp³-hybridized carbons (Fsp3) is 0.545. The first-order valence-electron chi connectivity index (χ1n) is 5.92. The molecule has 0 atom stereocenters. The largest absolute Gasteiger partial charge is 0.348 e. The third kappa shape index (κ3) is 2.35. The summed E-state index contributed by atoms with van der Waals surface area (Å²) in [7, 11) is 0. The van der Waals surface area contributed by atoms with Crippen molar-refractivity contribution in [3.8, 4) is 0 Å². The molecule has 0 unspecified atom stereocenters. The SMILES string of the molecule is CCn1cc([N+](=O)[O-])cc1C(=O)NC1CC(N)C1. The van der Waals surface area contributed by atoms with Gasteiger partial charge >= 0.3 is 0 Å². The number of carbonyl (C=O) groups excluding carboxylic acids is 1. The van der Waals surface area contributed by atoms with Gasteiger partial charge in [-0.2, -0.15) is 0 Å². The number of rotatable bonds is 4. The van der Waals surface area contributed by atoms with Gasteiger partial charge in [-0.3, -0.25) is 14.9 Å². The Morgan fingerprint density at radius 2 is 2.33 bits per heavy atom. The summed E-state index contributed by atoms with van der Waals surface area (Å²) in [6, 6.07) is 1.55. The highest BCUT2D eigenvalue weighted by Crippen LogP contribution is 2.20. The molecule has 0 aliphatic heterocycles. The van der Waals surface area contributed by atoms with Crippen LogP contribution in [0.3, 0.4) is 0 Å². The van der Waals surface area contributed by atoms with Gasteiger partial charge < -0.3 is 15.6 Å². The second kappa shape index (κ2) is 4.77. The Morgan fingerprint density at radius 3 is 2.83 bits per heavy atom. The molecular formula is C11H16N4O3. The number of nitro groups is 1. The van der Waals surface area contributed by atoms with E-state index in [9.17, 15) is 14.9 Å². The van der Waals surface area contributed by atoms with Crippen LogP contribution in [0.2, 0.25) is 0 Å². The van der Waals surface area contributed by atoms with Gasteiger partial charge in [0, 0.05) is 24.7 Å². The lowest BCUT2D eigenvalue weighted by molar-refractivity contribution is -0.384. The van der Waals surface area contributed by atoms with Crippen molar-refractivity contribution < 1.29 is 9.72 Å². The summed E-state index contributed by atoms with van der Waals surface area (Å²) < 4.78 is 1.58. The topological polar surface area (TPSA) is 103 Å². The second-order valence-corrected chi connectivity index (χ2v) is 4.53. The first-order chi connectivity index (χ1) is 8.51. The van der Waals surface area contributed by atoms with Gasteiger partial charge in [-0.05, 0) is 19.8 Å². The molecule has 0 aromatic carbocycles. The van der Waals surface area contributed by atoms with E-state index < -0.39 is 4.92 Å². The van der Waals surface area contributed by atoms with Crippen LogP contribution in [0.5, 0.6) is 0 Å². The highest BCUT2D eigenvalue weighted by atomic mass is 16.6. The number of nitrogens with zero attached hydrogens (tertiary/aromatic N) is 2. The van der Waals surface area contributed by atoms with Crippen LogP contribution >= 0.6 is 0 Å². The molecule has 0 radical (unpaired) electrons. The standard InChI is InChI=1S/C11H16N4O3/c1-2-14-6-9(15(17)18)5-10(14)11(16)13-8-3-7(12)4-8/h5-8H,2-4,12H2,1H3,(H,13,16). The van der Waals surface area contributed by atoms with E-state index in [2.05, 4.69) is 5.32 Å². The van der Waals surface area contributed by atoms with E-state index in [1.54, 1.807) is 4.57 Å². The molecule has 1 saturated carbocycles. The highest BCUT2D eigenvalue weighted by molar-refractivity contribution is 5.93. The van der Waals surface area contributed by atoms with Gasteiger partial charge in [0.25, 0.3) is 11.6 Å². The molecule has 98 valence electrons. The summed E-state index contributed by atoms with van der Waals surface area (Å²) in [5, 5.41) is 13.5. The molecule has 0 saturated heterocycles. The molecule has 1 amide bonds. The third-order valence-electron chi connectivity index (χ3n) is 3.18. The van der Waals surface area contributed by atoms with Gasteiger partial charge in [0.1, 0.15) is 5.69 Å². The summed E-state index contributed by atoms with van der Waals surface area (Å²) in [4.78, 5) is 22.2. The summed E-state index contributed by atoms with van der Waals surface area (Å²) in [5.41, 5.74) is 5.90. The number of aryl methyl sites for hydroxylation is 1. The van der Waals surface area contributed by atoms with Crippen molar-refractivity contribution in [2.75, 3.05) is 0 Å². The average Bonchev–Trinajstić information content (AvgIpc) is 2.70. The van der Waals surface area contributed by atoms with Crippen LogP contribution < -0.4 is 11.1 Å². The number of hydrogen-bond acceptors (Lipinski definition) is 4. The van der Waals surface area contributed by atoms with Crippen molar-refractivity contribution in [3.05, 3.63) is 28.1 Å². The molecule has 7 nitrogen and oxygen atoms in total. The molecule has 1 aromatic heterocycles. The minimum atomic E-state index is -0.498. The van der Waals surface area contributed by atoms with Crippen LogP contribution in [-0.4, -0.2) is 27.5 Å². The minimum Gasteiger partial charge on any atom is -0.348 e. The molecule has 3 N–H and O–H groups in total. The monoisotopic (exact) mass is 252 g/mol. The van der Waals surface area contributed by atoms with Crippen LogP contribution in [0.4, 0.5) is 5.69 Å². The van der Waals surface area contributed by atoms with E-state index in [0.29, 0.717) is 12.2 Å². The predicted molar refractivity (Wildman–Crippen MR) is 65.2 cm³/mol. The van der Waals surface area contributed by atoms with Crippen LogP contribution in [0, 0.1) is 10.1 Å². The van der Waals surface area contributed by atoms with E-state index in [1.165, 1.54) is 12.3 Å². The number of aromatic nitrogens is 1. The molecule has 1 aliphatic rings. The Bertz CT molecular complexity index is 477. The van der Waals surface area contributed by atoms with Gasteiger partial charge in [0.05, 0.1) is 11.1 Å². The van der Waals surface area contributed by atoms with Crippen LogP contribution in [0.25, 0.3) is 0 Å². The Balaban J connectivity index is 2.11. The number of carbonyl (C=O) groups is 1. The Morgan fingerprint density at radius 1 is 1.67 bits per heavy atom. The van der Waals surface area contributed by atoms with E-state index in [0.717, 1.165) is 12.8 Å². The Labute approximate surface area is 104 Å². The van der Waals surface area contributed by atoms with Crippen LogP contribution in [0.1, 0.15) is 30.3 Å². The molecule has 18 heavy (non-hydrogen) atoms. The van der Waals surface area contributed by atoms with Gasteiger partial charge in [-0.15, -0.1) is 0 Å². The molecule has 1 aliphatic carbocycles. The van der Waals surface area contributed by atoms with E-state index in [4.69, 9.17) is 5.73 Å². The van der Waals surface area contributed by atoms with Gasteiger partial charge in [-0.25, -0.2) is 0 Å². The zero-order chi connectivity index (χ0) is 13.3. The summed E-state index contributed by atoms with van der Waals surface area (Å²) in [5.74, 6) is -0.276. The molecular weight excluding hydrogens is 236 g/mol. The van der Waals surface area contributed by atoms with Crippen molar-refractivity contribution in [2.45, 2.75) is 38.4 Å². The van der Waals surface area contributed by atoms with Crippen molar-refractivity contribution in [1.82, 2.24) is 9.88 Å². The van der Waals surface area contributed by atoms with Gasteiger partial charge in [-0.1, -0.05) is 0 Å². The predicted octanol–water partition coefficient (Wildman–Crippen LogP) is 0.636. The summed E-state index contributed by atoms with van der Waals surface area (Å²) >= 11 is 0. The van der Waals surface area contributed by atoms with Gasteiger partial charge in [0.2, 0.25) is 0 Å². The average molecular weight is 252 g/mol. The van der Waals surface area contributed by atoms with Crippen LogP contribution in [-0.2, 0) is 6.54 Å². The van der Waals surface area contributed by atoms with E-state index in [1.807, 2.05) is 6.92 Å². The zero-order valence-electron chi connectivity index (χ0n) is 10.1. The fourth-order valence-electron chi connectivity index (χ4n) is 2.09. The van der Waals surface area contributed by atoms with Crippen molar-refractivity contribution in [3.63, 3.8) is 0 Å². The molecule has 7 heteroatoms. The van der Waals surface area contributed by atoms with Gasteiger partial charge in [0.15, 0.2) is 0 Å².